The number of benzene rings is 3. The van der Waals surface area contributed by atoms with Crippen LogP contribution < -0.4 is 15.1 Å². The van der Waals surface area contributed by atoms with Crippen molar-refractivity contribution in [1.82, 2.24) is 4.98 Å². The summed E-state index contributed by atoms with van der Waals surface area (Å²) >= 11 is 1.18. The number of amides is 1. The summed E-state index contributed by atoms with van der Waals surface area (Å²) in [5.41, 5.74) is 1.50. The van der Waals surface area contributed by atoms with E-state index in [2.05, 4.69) is 11.6 Å². The fraction of sp³-hybridized carbons (Fsp3) is 0.0741. The third-order valence-corrected chi connectivity index (χ3v) is 6.88. The minimum absolute atomic E-state index is 0.0263. The molecule has 0 bridgehead atoms. The maximum absolute atomic E-state index is 13.8. The van der Waals surface area contributed by atoms with Crippen LogP contribution in [0.5, 0.6) is 5.75 Å². The monoisotopic (exact) mass is 484 g/mol. The normalized spacial score (nSPS) is 15.1. The number of nitrogens with zero attached hydrogens (tertiary/aromatic N) is 2. The molecule has 1 aliphatic rings. The maximum Gasteiger partial charge on any atom is 0.297 e. The second-order valence-corrected chi connectivity index (χ2v) is 9.04. The second-order valence-electron chi connectivity index (χ2n) is 8.03. The van der Waals surface area contributed by atoms with E-state index < -0.39 is 17.8 Å². The first-order valence-corrected chi connectivity index (χ1v) is 11.7. The molecule has 172 valence electrons. The van der Waals surface area contributed by atoms with Crippen LogP contribution in [0.4, 0.5) is 9.52 Å². The van der Waals surface area contributed by atoms with Crippen LogP contribution in [0.15, 0.2) is 88.6 Å². The number of carbonyl (C=O) groups excluding carboxylic acids is 1. The number of hydrogen-bond donors (Lipinski definition) is 0. The molecule has 8 heteroatoms. The van der Waals surface area contributed by atoms with Crippen molar-refractivity contribution in [2.45, 2.75) is 6.04 Å². The van der Waals surface area contributed by atoms with Crippen molar-refractivity contribution in [3.8, 4) is 5.75 Å². The number of thiazole rings is 1. The molecule has 0 saturated carbocycles. The number of hydrogen-bond acceptors (Lipinski definition) is 6. The predicted octanol–water partition coefficient (Wildman–Crippen LogP) is 5.86. The van der Waals surface area contributed by atoms with Crippen molar-refractivity contribution in [2.24, 2.45) is 0 Å². The third kappa shape index (κ3) is 3.41. The van der Waals surface area contributed by atoms with Gasteiger partial charge in [-0.05, 0) is 48.0 Å². The Labute approximate surface area is 202 Å². The highest BCUT2D eigenvalue weighted by atomic mass is 32.1. The van der Waals surface area contributed by atoms with Crippen LogP contribution in [-0.2, 0) is 0 Å². The summed E-state index contributed by atoms with van der Waals surface area (Å²) in [7, 11) is 0. The summed E-state index contributed by atoms with van der Waals surface area (Å²) in [4.78, 5) is 33.4. The average molecular weight is 485 g/mol. The van der Waals surface area contributed by atoms with Crippen LogP contribution in [-0.4, -0.2) is 17.5 Å². The fourth-order valence-electron chi connectivity index (χ4n) is 4.35. The highest BCUT2D eigenvalue weighted by Gasteiger charge is 2.45. The van der Waals surface area contributed by atoms with Gasteiger partial charge < -0.3 is 9.15 Å². The lowest BCUT2D eigenvalue weighted by molar-refractivity contribution is 0.0971. The van der Waals surface area contributed by atoms with Crippen LogP contribution in [0, 0.1) is 5.82 Å². The number of halogens is 1. The van der Waals surface area contributed by atoms with Gasteiger partial charge in [0.2, 0.25) is 5.76 Å². The molecule has 1 unspecified atom stereocenters. The molecule has 6 rings (SSSR count). The van der Waals surface area contributed by atoms with Crippen LogP contribution in [0.1, 0.15) is 27.7 Å². The summed E-state index contributed by atoms with van der Waals surface area (Å²) in [6.07, 6.45) is 1.63. The topological polar surface area (TPSA) is 72.6 Å². The Kier molecular flexibility index (Phi) is 4.96. The van der Waals surface area contributed by atoms with E-state index in [1.165, 1.54) is 28.4 Å². The molecule has 0 saturated heterocycles. The Hall–Kier alpha value is -4.30. The molecule has 6 nitrogen and oxygen atoms in total. The Balaban J connectivity index is 1.60. The van der Waals surface area contributed by atoms with Gasteiger partial charge in [-0.25, -0.2) is 9.37 Å². The number of fused-ring (bicyclic) bond motifs is 3. The molecule has 0 spiro atoms. The molecule has 1 atom stereocenters. The zero-order valence-electron chi connectivity index (χ0n) is 18.2. The standard InChI is InChI=1S/C27H17FN2O4S/c1-2-12-33-17-7-5-6-15(13-17)23-22-24(31)18-8-3-4-9-20(18)34-25(22)26(32)30(23)27-29-19-11-10-16(28)14-21(19)35-27/h2-11,13-14,23H,1,12H2. The zero-order valence-corrected chi connectivity index (χ0v) is 19.0. The summed E-state index contributed by atoms with van der Waals surface area (Å²) < 4.78 is 26.1. The van der Waals surface area contributed by atoms with E-state index in [9.17, 15) is 14.0 Å². The molecule has 0 fully saturated rings. The minimum Gasteiger partial charge on any atom is -0.490 e. The maximum atomic E-state index is 13.8. The predicted molar refractivity (Wildman–Crippen MR) is 133 cm³/mol. The number of aromatic nitrogens is 1. The van der Waals surface area contributed by atoms with Crippen molar-refractivity contribution in [2.75, 3.05) is 11.5 Å². The molecule has 0 N–H and O–H groups in total. The lowest BCUT2D eigenvalue weighted by Crippen LogP contribution is -2.29. The van der Waals surface area contributed by atoms with Crippen molar-refractivity contribution >= 4 is 43.6 Å². The Bertz CT molecular complexity index is 1710. The van der Waals surface area contributed by atoms with Gasteiger partial charge in [0.1, 0.15) is 23.8 Å². The van der Waals surface area contributed by atoms with Gasteiger partial charge in [0.25, 0.3) is 5.91 Å². The van der Waals surface area contributed by atoms with Gasteiger partial charge >= 0.3 is 0 Å². The van der Waals surface area contributed by atoms with Gasteiger partial charge in [-0.1, -0.05) is 48.3 Å². The first kappa shape index (κ1) is 21.2. The summed E-state index contributed by atoms with van der Waals surface area (Å²) in [5, 5.41) is 0.726. The number of rotatable bonds is 5. The summed E-state index contributed by atoms with van der Waals surface area (Å²) in [6, 6.07) is 17.5. The molecular weight excluding hydrogens is 467 g/mol. The van der Waals surface area contributed by atoms with Gasteiger partial charge in [-0.2, -0.15) is 0 Å². The number of ether oxygens (including phenoxy) is 1. The second kappa shape index (κ2) is 8.18. The molecule has 1 aliphatic heterocycles. The van der Waals surface area contributed by atoms with E-state index in [-0.39, 0.29) is 16.8 Å². The number of para-hydroxylation sites is 1. The first-order chi connectivity index (χ1) is 17.0. The Morgan fingerprint density at radius 1 is 1.11 bits per heavy atom. The fourth-order valence-corrected chi connectivity index (χ4v) is 5.37. The number of carbonyl (C=O) groups is 1. The van der Waals surface area contributed by atoms with E-state index >= 15 is 0 Å². The van der Waals surface area contributed by atoms with Crippen LogP contribution in [0.3, 0.4) is 0 Å². The van der Waals surface area contributed by atoms with Gasteiger partial charge in [0.15, 0.2) is 10.6 Å². The third-order valence-electron chi connectivity index (χ3n) is 5.86. The van der Waals surface area contributed by atoms with E-state index in [1.807, 2.05) is 6.07 Å². The minimum atomic E-state index is -0.795. The van der Waals surface area contributed by atoms with Crippen molar-refractivity contribution in [1.29, 1.82) is 0 Å². The van der Waals surface area contributed by atoms with Crippen LogP contribution in [0.25, 0.3) is 21.2 Å². The largest absolute Gasteiger partial charge is 0.490 e. The molecule has 5 aromatic rings. The van der Waals surface area contributed by atoms with Crippen molar-refractivity contribution < 1.29 is 18.3 Å². The highest BCUT2D eigenvalue weighted by Crippen LogP contribution is 2.44. The van der Waals surface area contributed by atoms with Gasteiger partial charge in [0.05, 0.1) is 27.2 Å². The zero-order chi connectivity index (χ0) is 24.1. The molecule has 1 amide bonds. The average Bonchev–Trinajstić information content (AvgIpc) is 3.41. The quantitative estimate of drug-likeness (QED) is 0.292. The lowest BCUT2D eigenvalue weighted by Gasteiger charge is -2.23. The van der Waals surface area contributed by atoms with Crippen LogP contribution in [0.2, 0.25) is 0 Å². The van der Waals surface area contributed by atoms with E-state index in [0.717, 1.165) is 0 Å². The van der Waals surface area contributed by atoms with Gasteiger partial charge in [0, 0.05) is 0 Å². The molecule has 35 heavy (non-hydrogen) atoms. The van der Waals surface area contributed by atoms with E-state index in [1.54, 1.807) is 54.6 Å². The lowest BCUT2D eigenvalue weighted by atomic mass is 9.98. The van der Waals surface area contributed by atoms with Gasteiger partial charge in [-0.3, -0.25) is 14.5 Å². The van der Waals surface area contributed by atoms with E-state index in [0.29, 0.717) is 44.2 Å². The SMILES string of the molecule is C=CCOc1cccc(C2c3c(oc4ccccc4c3=O)C(=O)N2c2nc3ccc(F)cc3s2)c1. The molecule has 3 heterocycles. The molecule has 2 aromatic heterocycles. The van der Waals surface area contributed by atoms with Gasteiger partial charge in [-0.15, -0.1) is 0 Å². The highest BCUT2D eigenvalue weighted by molar-refractivity contribution is 7.22. The Morgan fingerprint density at radius 3 is 2.83 bits per heavy atom. The molecular formula is C27H17FN2O4S. The smallest absolute Gasteiger partial charge is 0.297 e. The van der Waals surface area contributed by atoms with Crippen molar-refractivity contribution in [3.05, 3.63) is 112 Å². The summed E-state index contributed by atoms with van der Waals surface area (Å²) in [6.45, 7) is 3.98. The first-order valence-electron chi connectivity index (χ1n) is 10.8. The molecule has 0 radical (unpaired) electrons. The molecule has 0 aliphatic carbocycles. The van der Waals surface area contributed by atoms with Crippen molar-refractivity contribution in [3.63, 3.8) is 0 Å². The van der Waals surface area contributed by atoms with E-state index in [4.69, 9.17) is 9.15 Å². The summed E-state index contributed by atoms with van der Waals surface area (Å²) in [5.74, 6) is -0.332. The molecule has 3 aromatic carbocycles. The number of anilines is 1. The van der Waals surface area contributed by atoms with Crippen LogP contribution >= 0.6 is 11.3 Å². The Morgan fingerprint density at radius 2 is 1.97 bits per heavy atom.